The summed E-state index contributed by atoms with van der Waals surface area (Å²) >= 11 is 6.05. The summed E-state index contributed by atoms with van der Waals surface area (Å²) in [6, 6.07) is 8.83. The van der Waals surface area contributed by atoms with Crippen LogP contribution >= 0.6 is 11.6 Å². The second-order valence-electron chi connectivity index (χ2n) is 6.43. The number of aromatic nitrogens is 3. The van der Waals surface area contributed by atoms with Crippen LogP contribution in [-0.4, -0.2) is 21.0 Å². The van der Waals surface area contributed by atoms with Gasteiger partial charge < -0.3 is 10.6 Å². The van der Waals surface area contributed by atoms with E-state index in [1.807, 2.05) is 12.1 Å². The van der Waals surface area contributed by atoms with Gasteiger partial charge >= 0.3 is 6.18 Å². The molecule has 0 saturated heterocycles. The van der Waals surface area contributed by atoms with E-state index < -0.39 is 11.7 Å². The molecule has 3 aromatic rings. The molecule has 5 nitrogen and oxygen atoms in total. The minimum absolute atomic E-state index is 0.0457. The van der Waals surface area contributed by atoms with Crippen molar-refractivity contribution in [2.24, 2.45) is 0 Å². The lowest BCUT2D eigenvalue weighted by Crippen LogP contribution is -2.08. The minimum atomic E-state index is -4.45. The van der Waals surface area contributed by atoms with Crippen LogP contribution in [0.15, 0.2) is 48.8 Å². The average molecular weight is 406 g/mol. The third-order valence-corrected chi connectivity index (χ3v) is 4.48. The van der Waals surface area contributed by atoms with Gasteiger partial charge in [-0.1, -0.05) is 11.6 Å². The molecule has 0 amide bonds. The molecule has 9 heteroatoms. The molecule has 0 aliphatic heterocycles. The molecule has 1 saturated carbocycles. The first kappa shape index (κ1) is 18.5. The fraction of sp³-hybridized carbons (Fsp3) is 0.211. The third-order valence-electron chi connectivity index (χ3n) is 4.17. The highest BCUT2D eigenvalue weighted by Crippen LogP contribution is 2.35. The van der Waals surface area contributed by atoms with Crippen LogP contribution in [0.25, 0.3) is 11.3 Å². The zero-order chi connectivity index (χ0) is 19.7. The SMILES string of the molecule is FC(F)(F)c1ccc(Nc2cc(-c3ccncc3)nc(NC3CC3)n2)c(Cl)c1. The van der Waals surface area contributed by atoms with Crippen LogP contribution < -0.4 is 10.6 Å². The monoisotopic (exact) mass is 405 g/mol. The van der Waals surface area contributed by atoms with E-state index in [0.29, 0.717) is 29.2 Å². The molecule has 0 unspecified atom stereocenters. The molecule has 0 spiro atoms. The largest absolute Gasteiger partial charge is 0.416 e. The van der Waals surface area contributed by atoms with Gasteiger partial charge in [0.15, 0.2) is 0 Å². The number of benzene rings is 1. The quantitative estimate of drug-likeness (QED) is 0.584. The standard InChI is InChI=1S/C19H15ClF3N5/c20-14-9-12(19(21,22)23)1-4-15(14)26-17-10-16(11-5-7-24-8-6-11)27-18(28-17)25-13-2-3-13/h1,4-10,13H,2-3H2,(H2,25,26,27,28). The summed E-state index contributed by atoms with van der Waals surface area (Å²) in [5, 5.41) is 6.18. The van der Waals surface area contributed by atoms with Gasteiger partial charge in [0.25, 0.3) is 0 Å². The molecule has 4 rings (SSSR count). The van der Waals surface area contributed by atoms with Crippen molar-refractivity contribution in [3.8, 4) is 11.3 Å². The van der Waals surface area contributed by atoms with Crippen molar-refractivity contribution in [1.29, 1.82) is 0 Å². The van der Waals surface area contributed by atoms with Crippen molar-refractivity contribution in [2.75, 3.05) is 10.6 Å². The molecule has 0 bridgehead atoms. The predicted molar refractivity (Wildman–Crippen MR) is 102 cm³/mol. The number of anilines is 3. The fourth-order valence-corrected chi connectivity index (χ4v) is 2.82. The summed E-state index contributed by atoms with van der Waals surface area (Å²) in [5.41, 5.74) is 1.02. The van der Waals surface area contributed by atoms with Crippen LogP contribution in [0.4, 0.5) is 30.6 Å². The van der Waals surface area contributed by atoms with Gasteiger partial charge in [0.05, 0.1) is 22.0 Å². The fourth-order valence-electron chi connectivity index (χ4n) is 2.59. The Hall–Kier alpha value is -2.87. The van der Waals surface area contributed by atoms with Gasteiger partial charge in [-0.2, -0.15) is 18.2 Å². The van der Waals surface area contributed by atoms with E-state index in [0.717, 1.165) is 30.5 Å². The van der Waals surface area contributed by atoms with Crippen LogP contribution in [-0.2, 0) is 6.18 Å². The first-order chi connectivity index (χ1) is 13.4. The molecule has 0 atom stereocenters. The van der Waals surface area contributed by atoms with Gasteiger partial charge in [-0.05, 0) is 43.2 Å². The number of rotatable bonds is 5. The van der Waals surface area contributed by atoms with Gasteiger partial charge in [0.1, 0.15) is 5.82 Å². The second-order valence-corrected chi connectivity index (χ2v) is 6.84. The Bertz CT molecular complexity index is 991. The lowest BCUT2D eigenvalue weighted by atomic mass is 10.2. The first-order valence-electron chi connectivity index (χ1n) is 8.58. The van der Waals surface area contributed by atoms with Gasteiger partial charge in [0, 0.05) is 30.1 Å². The van der Waals surface area contributed by atoms with Crippen molar-refractivity contribution < 1.29 is 13.2 Å². The number of pyridine rings is 1. The molecule has 1 aromatic carbocycles. The van der Waals surface area contributed by atoms with Gasteiger partial charge in [-0.25, -0.2) is 4.98 Å². The molecule has 28 heavy (non-hydrogen) atoms. The lowest BCUT2D eigenvalue weighted by molar-refractivity contribution is -0.137. The molecule has 2 aromatic heterocycles. The maximum atomic E-state index is 12.8. The summed E-state index contributed by atoms with van der Waals surface area (Å²) in [4.78, 5) is 12.9. The van der Waals surface area contributed by atoms with E-state index in [2.05, 4.69) is 25.6 Å². The highest BCUT2D eigenvalue weighted by molar-refractivity contribution is 6.33. The van der Waals surface area contributed by atoms with E-state index in [9.17, 15) is 13.2 Å². The first-order valence-corrected chi connectivity index (χ1v) is 8.96. The molecule has 1 aliphatic rings. The Morgan fingerprint density at radius 1 is 1.00 bits per heavy atom. The minimum Gasteiger partial charge on any atom is -0.351 e. The van der Waals surface area contributed by atoms with E-state index in [4.69, 9.17) is 11.6 Å². The highest BCUT2D eigenvalue weighted by atomic mass is 35.5. The van der Waals surface area contributed by atoms with Crippen LogP contribution in [0.5, 0.6) is 0 Å². The van der Waals surface area contributed by atoms with Crippen molar-refractivity contribution in [3.05, 3.63) is 59.4 Å². The number of hydrogen-bond acceptors (Lipinski definition) is 5. The highest BCUT2D eigenvalue weighted by Gasteiger charge is 2.31. The van der Waals surface area contributed by atoms with Crippen LogP contribution in [0.3, 0.4) is 0 Å². The van der Waals surface area contributed by atoms with Crippen molar-refractivity contribution in [1.82, 2.24) is 15.0 Å². The molecule has 144 valence electrons. The molecule has 0 radical (unpaired) electrons. The summed E-state index contributed by atoms with van der Waals surface area (Å²) in [6.45, 7) is 0. The molecular formula is C19H15ClF3N5. The Balaban J connectivity index is 1.67. The van der Waals surface area contributed by atoms with Gasteiger partial charge in [-0.15, -0.1) is 0 Å². The molecular weight excluding hydrogens is 391 g/mol. The average Bonchev–Trinajstić information content (AvgIpc) is 3.47. The van der Waals surface area contributed by atoms with E-state index in [1.54, 1.807) is 18.5 Å². The second kappa shape index (κ2) is 7.27. The van der Waals surface area contributed by atoms with E-state index in [1.165, 1.54) is 6.07 Å². The van der Waals surface area contributed by atoms with Crippen LogP contribution in [0.2, 0.25) is 5.02 Å². The molecule has 2 N–H and O–H groups in total. The maximum Gasteiger partial charge on any atom is 0.416 e. The summed E-state index contributed by atoms with van der Waals surface area (Å²) in [7, 11) is 0. The zero-order valence-corrected chi connectivity index (χ0v) is 15.2. The molecule has 2 heterocycles. The van der Waals surface area contributed by atoms with Gasteiger partial charge in [0.2, 0.25) is 5.95 Å². The van der Waals surface area contributed by atoms with Crippen LogP contribution in [0.1, 0.15) is 18.4 Å². The predicted octanol–water partition coefficient (Wildman–Crippen LogP) is 5.53. The maximum absolute atomic E-state index is 12.8. The Labute approximate surface area is 164 Å². The summed E-state index contributed by atoms with van der Waals surface area (Å²) < 4.78 is 38.5. The number of alkyl halides is 3. The number of halogens is 4. The summed E-state index contributed by atoms with van der Waals surface area (Å²) in [5.74, 6) is 0.869. The Morgan fingerprint density at radius 2 is 1.75 bits per heavy atom. The van der Waals surface area contributed by atoms with Crippen LogP contribution in [0, 0.1) is 0 Å². The van der Waals surface area contributed by atoms with Gasteiger partial charge in [-0.3, -0.25) is 4.98 Å². The number of hydrogen-bond donors (Lipinski definition) is 2. The summed E-state index contributed by atoms with van der Waals surface area (Å²) in [6.07, 6.45) is 0.968. The Kier molecular flexibility index (Phi) is 4.80. The smallest absolute Gasteiger partial charge is 0.351 e. The van der Waals surface area contributed by atoms with E-state index >= 15 is 0 Å². The van der Waals surface area contributed by atoms with Crippen molar-refractivity contribution in [3.63, 3.8) is 0 Å². The molecule has 1 fully saturated rings. The van der Waals surface area contributed by atoms with E-state index in [-0.39, 0.29) is 5.02 Å². The lowest BCUT2D eigenvalue weighted by Gasteiger charge is -2.13. The number of nitrogens with one attached hydrogen (secondary N) is 2. The topological polar surface area (TPSA) is 62.7 Å². The zero-order valence-electron chi connectivity index (χ0n) is 14.5. The Morgan fingerprint density at radius 3 is 2.39 bits per heavy atom. The molecule has 1 aliphatic carbocycles. The van der Waals surface area contributed by atoms with Crippen molar-refractivity contribution in [2.45, 2.75) is 25.1 Å². The third kappa shape index (κ3) is 4.33. The number of nitrogens with zero attached hydrogens (tertiary/aromatic N) is 3. The van der Waals surface area contributed by atoms with Crippen molar-refractivity contribution >= 4 is 29.1 Å². The normalized spacial score (nSPS) is 14.0.